The number of H-pyrrole nitrogens is 1. The number of hydrogen-bond acceptors (Lipinski definition) is 3. The highest BCUT2D eigenvalue weighted by Gasteiger charge is 2.20. The van der Waals surface area contributed by atoms with E-state index >= 15 is 0 Å². The second-order valence-electron chi connectivity index (χ2n) is 4.96. The van der Waals surface area contributed by atoms with E-state index in [1.54, 1.807) is 24.4 Å². The largest absolute Gasteiger partial charge is 0.494 e. The fourth-order valence-electron chi connectivity index (χ4n) is 2.65. The average Bonchev–Trinajstić information content (AvgIpc) is 2.91. The fraction of sp³-hybridized carbons (Fsp3) is 0.118. The minimum Gasteiger partial charge on any atom is -0.494 e. The number of nitrogen functional groups attached to an aromatic ring is 1. The number of carbonyl (C=O) groups excluding carboxylic acids is 1. The first-order chi connectivity index (χ1) is 10.1. The Morgan fingerprint density at radius 1 is 1.14 bits per heavy atom. The zero-order chi connectivity index (χ0) is 15.0. The number of aromatic nitrogens is 1. The minimum atomic E-state index is -0.0975. The van der Waals surface area contributed by atoms with Crippen LogP contribution in [0.1, 0.15) is 21.5 Å². The molecule has 4 heteroatoms. The molecule has 1 heterocycles. The van der Waals surface area contributed by atoms with Crippen molar-refractivity contribution in [1.29, 1.82) is 0 Å². The summed E-state index contributed by atoms with van der Waals surface area (Å²) in [5, 5.41) is 0.937. The van der Waals surface area contributed by atoms with Crippen molar-refractivity contribution < 1.29 is 9.53 Å². The van der Waals surface area contributed by atoms with Crippen molar-refractivity contribution >= 4 is 22.4 Å². The predicted molar refractivity (Wildman–Crippen MR) is 83.9 cm³/mol. The summed E-state index contributed by atoms with van der Waals surface area (Å²) in [4.78, 5) is 16.0. The van der Waals surface area contributed by atoms with E-state index in [4.69, 9.17) is 10.5 Å². The van der Waals surface area contributed by atoms with Gasteiger partial charge in [-0.15, -0.1) is 0 Å². The summed E-state index contributed by atoms with van der Waals surface area (Å²) in [5.41, 5.74) is 9.45. The van der Waals surface area contributed by atoms with Crippen LogP contribution in [0.3, 0.4) is 0 Å². The van der Waals surface area contributed by atoms with Gasteiger partial charge >= 0.3 is 0 Å². The lowest BCUT2D eigenvalue weighted by molar-refractivity contribution is 0.103. The Bertz CT molecular complexity index is 834. The van der Waals surface area contributed by atoms with Crippen LogP contribution in [0, 0.1) is 6.92 Å². The average molecular weight is 280 g/mol. The number of rotatable bonds is 3. The van der Waals surface area contributed by atoms with Gasteiger partial charge in [0.2, 0.25) is 0 Å². The Morgan fingerprint density at radius 2 is 1.90 bits per heavy atom. The third-order valence-electron chi connectivity index (χ3n) is 3.65. The number of nitrogens with one attached hydrogen (secondary N) is 1. The van der Waals surface area contributed by atoms with Gasteiger partial charge < -0.3 is 15.5 Å². The summed E-state index contributed by atoms with van der Waals surface area (Å²) in [6.07, 6.45) is 1.74. The zero-order valence-electron chi connectivity index (χ0n) is 11.9. The summed E-state index contributed by atoms with van der Waals surface area (Å²) >= 11 is 0. The van der Waals surface area contributed by atoms with Gasteiger partial charge in [0.15, 0.2) is 11.5 Å². The van der Waals surface area contributed by atoms with E-state index in [-0.39, 0.29) is 5.78 Å². The molecular formula is C17H16N2O2. The molecule has 0 aliphatic heterocycles. The summed E-state index contributed by atoms with van der Waals surface area (Å²) in [6.45, 7) is 1.99. The first-order valence-corrected chi connectivity index (χ1v) is 6.67. The number of ketones is 1. The lowest BCUT2D eigenvalue weighted by atomic mass is 9.99. The van der Waals surface area contributed by atoms with Gasteiger partial charge in [0.25, 0.3) is 0 Å². The van der Waals surface area contributed by atoms with Crippen LogP contribution in [0.5, 0.6) is 5.75 Å². The summed E-state index contributed by atoms with van der Waals surface area (Å²) in [7, 11) is 1.52. The van der Waals surface area contributed by atoms with E-state index in [9.17, 15) is 4.79 Å². The number of aromatic amines is 1. The molecule has 21 heavy (non-hydrogen) atoms. The molecule has 0 bridgehead atoms. The van der Waals surface area contributed by atoms with Crippen molar-refractivity contribution in [3.63, 3.8) is 0 Å². The van der Waals surface area contributed by atoms with E-state index in [0.717, 1.165) is 16.5 Å². The number of fused-ring (bicyclic) bond motifs is 1. The predicted octanol–water partition coefficient (Wildman–Crippen LogP) is 3.30. The molecule has 0 saturated heterocycles. The second-order valence-corrected chi connectivity index (χ2v) is 4.96. The van der Waals surface area contributed by atoms with Gasteiger partial charge in [-0.2, -0.15) is 0 Å². The minimum absolute atomic E-state index is 0.0975. The molecular weight excluding hydrogens is 264 g/mol. The fourth-order valence-corrected chi connectivity index (χ4v) is 2.65. The zero-order valence-corrected chi connectivity index (χ0v) is 11.9. The Labute approximate surface area is 122 Å². The Hall–Kier alpha value is -2.75. The first kappa shape index (κ1) is 13.2. The molecule has 3 rings (SSSR count). The normalized spacial score (nSPS) is 10.8. The van der Waals surface area contributed by atoms with Gasteiger partial charge in [-0.1, -0.05) is 18.2 Å². The van der Waals surface area contributed by atoms with Crippen molar-refractivity contribution in [2.24, 2.45) is 0 Å². The summed E-state index contributed by atoms with van der Waals surface area (Å²) in [5.74, 6) is 0.324. The molecule has 0 saturated carbocycles. The third-order valence-corrected chi connectivity index (χ3v) is 3.65. The number of aryl methyl sites for hydroxylation is 1. The summed E-state index contributed by atoms with van der Waals surface area (Å²) < 4.78 is 5.28. The molecule has 3 N–H and O–H groups in total. The van der Waals surface area contributed by atoms with E-state index in [1.165, 1.54) is 7.11 Å². The number of nitrogens with two attached hydrogens (primary N) is 1. The van der Waals surface area contributed by atoms with Gasteiger partial charge in [0.05, 0.1) is 18.4 Å². The SMILES string of the molecule is COc1c(N)cccc1C(=O)c1c[nH]c2cccc(C)c12. The van der Waals surface area contributed by atoms with Gasteiger partial charge in [-0.3, -0.25) is 4.79 Å². The van der Waals surface area contributed by atoms with Crippen LogP contribution in [0.15, 0.2) is 42.6 Å². The Balaban J connectivity index is 2.20. The monoisotopic (exact) mass is 280 g/mol. The highest BCUT2D eigenvalue weighted by Crippen LogP contribution is 2.31. The maximum Gasteiger partial charge on any atom is 0.198 e. The van der Waals surface area contributed by atoms with Crippen molar-refractivity contribution in [2.75, 3.05) is 12.8 Å². The van der Waals surface area contributed by atoms with Crippen molar-refractivity contribution in [1.82, 2.24) is 4.98 Å². The molecule has 2 aromatic carbocycles. The standard InChI is InChI=1S/C17H16N2O2/c1-10-5-3-8-14-15(10)12(9-19-14)16(20)11-6-4-7-13(18)17(11)21-2/h3-9,19H,18H2,1-2H3. The number of benzene rings is 2. The Kier molecular flexibility index (Phi) is 3.14. The lowest BCUT2D eigenvalue weighted by Gasteiger charge is -2.10. The topological polar surface area (TPSA) is 68.1 Å². The second kappa shape index (κ2) is 4.98. The van der Waals surface area contributed by atoms with E-state index in [2.05, 4.69) is 4.98 Å². The van der Waals surface area contributed by atoms with Gasteiger partial charge in [-0.25, -0.2) is 0 Å². The van der Waals surface area contributed by atoms with Crippen molar-refractivity contribution in [3.05, 3.63) is 59.3 Å². The maximum absolute atomic E-state index is 12.9. The van der Waals surface area contributed by atoms with Crippen LogP contribution in [-0.2, 0) is 0 Å². The molecule has 0 radical (unpaired) electrons. The van der Waals surface area contributed by atoms with E-state index < -0.39 is 0 Å². The molecule has 0 atom stereocenters. The smallest absolute Gasteiger partial charge is 0.198 e. The van der Waals surface area contributed by atoms with Crippen LogP contribution >= 0.6 is 0 Å². The van der Waals surface area contributed by atoms with Gasteiger partial charge in [0, 0.05) is 22.7 Å². The molecule has 4 nitrogen and oxygen atoms in total. The summed E-state index contributed by atoms with van der Waals surface area (Å²) in [6, 6.07) is 11.1. The molecule has 106 valence electrons. The third kappa shape index (κ3) is 2.05. The molecule has 1 aromatic heterocycles. The van der Waals surface area contributed by atoms with Crippen LogP contribution in [-0.4, -0.2) is 17.9 Å². The van der Waals surface area contributed by atoms with E-state index in [1.807, 2.05) is 25.1 Å². The molecule has 0 amide bonds. The number of ether oxygens (including phenoxy) is 1. The Morgan fingerprint density at radius 3 is 2.67 bits per heavy atom. The van der Waals surface area contributed by atoms with Crippen LogP contribution in [0.25, 0.3) is 10.9 Å². The maximum atomic E-state index is 12.9. The van der Waals surface area contributed by atoms with Gasteiger partial charge in [-0.05, 0) is 30.7 Å². The van der Waals surface area contributed by atoms with Crippen molar-refractivity contribution in [2.45, 2.75) is 6.92 Å². The first-order valence-electron chi connectivity index (χ1n) is 6.67. The molecule has 3 aromatic rings. The molecule has 0 unspecified atom stereocenters. The number of anilines is 1. The molecule has 0 aliphatic carbocycles. The number of carbonyl (C=O) groups is 1. The van der Waals surface area contributed by atoms with Crippen molar-refractivity contribution in [3.8, 4) is 5.75 Å². The number of para-hydroxylation sites is 1. The highest BCUT2D eigenvalue weighted by atomic mass is 16.5. The number of hydrogen-bond donors (Lipinski definition) is 2. The number of methoxy groups -OCH3 is 1. The molecule has 0 spiro atoms. The highest BCUT2D eigenvalue weighted by molar-refractivity contribution is 6.18. The lowest BCUT2D eigenvalue weighted by Crippen LogP contribution is -2.05. The molecule has 0 fully saturated rings. The van der Waals surface area contributed by atoms with E-state index in [0.29, 0.717) is 22.6 Å². The van der Waals surface area contributed by atoms with Crippen LogP contribution in [0.4, 0.5) is 5.69 Å². The van der Waals surface area contributed by atoms with Crippen LogP contribution < -0.4 is 10.5 Å². The van der Waals surface area contributed by atoms with Crippen LogP contribution in [0.2, 0.25) is 0 Å². The quantitative estimate of drug-likeness (QED) is 0.571. The van der Waals surface area contributed by atoms with Gasteiger partial charge in [0.1, 0.15) is 0 Å². The molecule has 0 aliphatic rings.